The van der Waals surface area contributed by atoms with E-state index in [0.717, 1.165) is 10.4 Å². The van der Waals surface area contributed by atoms with Crippen LogP contribution in [0.5, 0.6) is 17.2 Å². The topological polar surface area (TPSA) is 60.0 Å². The Hall–Kier alpha value is -0.890. The van der Waals surface area contributed by atoms with Gasteiger partial charge in [-0.2, -0.15) is 0 Å². The highest BCUT2D eigenvalue weighted by molar-refractivity contribution is 7.17. The summed E-state index contributed by atoms with van der Waals surface area (Å²) in [7, 11) is 4.72. The third-order valence-electron chi connectivity index (χ3n) is 3.80. The number of halogens is 3. The maximum absolute atomic E-state index is 10.3. The van der Waals surface area contributed by atoms with Crippen LogP contribution in [0.2, 0.25) is 9.36 Å². The first kappa shape index (κ1) is 23.1. The first-order valence-electron chi connectivity index (χ1n) is 7.57. The average Bonchev–Trinajstić information content (AvgIpc) is 2.96. The molecule has 9 heteroatoms. The van der Waals surface area contributed by atoms with Crippen LogP contribution in [0.3, 0.4) is 0 Å². The Labute approximate surface area is 173 Å². The molecular formula is C17H22Cl3NO4S. The molecule has 146 valence electrons. The van der Waals surface area contributed by atoms with Crippen molar-refractivity contribution in [2.24, 2.45) is 0 Å². The van der Waals surface area contributed by atoms with E-state index in [1.807, 2.05) is 19.1 Å². The Balaban J connectivity index is 0.00000338. The van der Waals surface area contributed by atoms with Crippen molar-refractivity contribution in [2.75, 3.05) is 27.9 Å². The minimum atomic E-state index is -0.695. The quantitative estimate of drug-likeness (QED) is 0.610. The van der Waals surface area contributed by atoms with Gasteiger partial charge < -0.3 is 24.6 Å². The van der Waals surface area contributed by atoms with Crippen molar-refractivity contribution in [3.05, 3.63) is 38.0 Å². The highest BCUT2D eigenvalue weighted by Crippen LogP contribution is 2.40. The molecule has 2 rings (SSSR count). The van der Waals surface area contributed by atoms with Gasteiger partial charge in [-0.1, -0.05) is 23.2 Å². The van der Waals surface area contributed by atoms with Crippen LogP contribution in [0.15, 0.2) is 18.2 Å². The molecule has 0 spiro atoms. The number of methoxy groups -OCH3 is 3. The van der Waals surface area contributed by atoms with Crippen LogP contribution in [-0.2, 0) is 0 Å². The third kappa shape index (κ3) is 5.31. The molecule has 2 aromatic rings. The lowest BCUT2D eigenvalue weighted by atomic mass is 10.1. The molecule has 0 aliphatic heterocycles. The molecule has 0 saturated carbocycles. The zero-order valence-electron chi connectivity index (χ0n) is 14.8. The van der Waals surface area contributed by atoms with Crippen molar-refractivity contribution in [3.8, 4) is 17.2 Å². The van der Waals surface area contributed by atoms with E-state index in [1.54, 1.807) is 27.4 Å². The molecule has 5 nitrogen and oxygen atoms in total. The fraction of sp³-hybridized carbons (Fsp3) is 0.412. The summed E-state index contributed by atoms with van der Waals surface area (Å²) in [4.78, 5) is 0.722. The Bertz CT molecular complexity index is 682. The number of aliphatic hydroxyl groups is 1. The van der Waals surface area contributed by atoms with E-state index in [4.69, 9.17) is 37.4 Å². The second-order valence-corrected chi connectivity index (χ2v) is 7.47. The van der Waals surface area contributed by atoms with Crippen LogP contribution in [0, 0.1) is 0 Å². The maximum atomic E-state index is 10.3. The van der Waals surface area contributed by atoms with E-state index in [1.165, 1.54) is 11.3 Å². The number of benzene rings is 1. The zero-order valence-corrected chi connectivity index (χ0v) is 18.0. The van der Waals surface area contributed by atoms with Crippen LogP contribution >= 0.6 is 46.9 Å². The van der Waals surface area contributed by atoms with Crippen LogP contribution in [0.1, 0.15) is 29.5 Å². The maximum Gasteiger partial charge on any atom is 0.203 e. The minimum Gasteiger partial charge on any atom is -0.493 e. The Morgan fingerprint density at radius 2 is 1.65 bits per heavy atom. The molecule has 26 heavy (non-hydrogen) atoms. The highest BCUT2D eigenvalue weighted by Gasteiger charge is 2.18. The largest absolute Gasteiger partial charge is 0.493 e. The number of hydrogen-bond acceptors (Lipinski definition) is 6. The van der Waals surface area contributed by atoms with E-state index in [-0.39, 0.29) is 18.4 Å². The second-order valence-electron chi connectivity index (χ2n) is 5.37. The summed E-state index contributed by atoms with van der Waals surface area (Å²) < 4.78 is 16.5. The lowest BCUT2D eigenvalue weighted by molar-refractivity contribution is 0.174. The average molecular weight is 443 g/mol. The molecule has 1 aromatic carbocycles. The van der Waals surface area contributed by atoms with E-state index in [2.05, 4.69) is 5.32 Å². The van der Waals surface area contributed by atoms with Gasteiger partial charge in [0.05, 0.1) is 26.4 Å². The highest BCUT2D eigenvalue weighted by atomic mass is 35.5. The van der Waals surface area contributed by atoms with Gasteiger partial charge in [-0.25, -0.2) is 0 Å². The smallest absolute Gasteiger partial charge is 0.203 e. The number of aliphatic hydroxyl groups excluding tert-OH is 1. The number of hydrogen-bond donors (Lipinski definition) is 2. The molecule has 0 radical (unpaired) electrons. The van der Waals surface area contributed by atoms with E-state index < -0.39 is 6.10 Å². The lowest BCUT2D eigenvalue weighted by Gasteiger charge is -2.20. The minimum absolute atomic E-state index is 0. The molecule has 0 aliphatic carbocycles. The van der Waals surface area contributed by atoms with Crippen molar-refractivity contribution in [1.29, 1.82) is 0 Å². The molecule has 2 atom stereocenters. The molecule has 1 heterocycles. The molecule has 0 bridgehead atoms. The van der Waals surface area contributed by atoms with Crippen LogP contribution in [-0.4, -0.2) is 33.0 Å². The fourth-order valence-corrected chi connectivity index (χ4v) is 3.77. The standard InChI is InChI=1S/C17H21Cl2NO4S.ClH/c1-9(20-8-12(21)15-7-11(18)17(19)25-15)10-5-13(22-2)16(24-4)14(6-10)23-3;/h5-7,9,12,20-21H,8H2,1-4H3;1H. The van der Waals surface area contributed by atoms with Crippen molar-refractivity contribution < 1.29 is 19.3 Å². The van der Waals surface area contributed by atoms with Crippen molar-refractivity contribution in [3.63, 3.8) is 0 Å². The van der Waals surface area contributed by atoms with Gasteiger partial charge in [-0.3, -0.25) is 0 Å². The molecule has 1 aromatic heterocycles. The van der Waals surface area contributed by atoms with Crippen LogP contribution < -0.4 is 19.5 Å². The molecule has 0 amide bonds. The first-order valence-corrected chi connectivity index (χ1v) is 9.14. The zero-order chi connectivity index (χ0) is 18.6. The SMILES string of the molecule is COc1cc(C(C)NCC(O)c2cc(Cl)c(Cl)s2)cc(OC)c1OC.Cl. The molecular weight excluding hydrogens is 421 g/mol. The van der Waals surface area contributed by atoms with Gasteiger partial charge in [0.25, 0.3) is 0 Å². The predicted molar refractivity (Wildman–Crippen MR) is 109 cm³/mol. The summed E-state index contributed by atoms with van der Waals surface area (Å²) in [6.07, 6.45) is -0.695. The Morgan fingerprint density at radius 3 is 2.08 bits per heavy atom. The van der Waals surface area contributed by atoms with Gasteiger partial charge in [0.2, 0.25) is 5.75 Å². The van der Waals surface area contributed by atoms with E-state index in [0.29, 0.717) is 33.2 Å². The van der Waals surface area contributed by atoms with E-state index in [9.17, 15) is 5.11 Å². The third-order valence-corrected chi connectivity index (χ3v) is 5.76. The fourth-order valence-electron chi connectivity index (χ4n) is 2.39. The predicted octanol–water partition coefficient (Wildman–Crippen LogP) is 4.89. The summed E-state index contributed by atoms with van der Waals surface area (Å²) in [6, 6.07) is 5.40. The van der Waals surface area contributed by atoms with Gasteiger partial charge >= 0.3 is 0 Å². The first-order chi connectivity index (χ1) is 11.9. The van der Waals surface area contributed by atoms with Crippen LogP contribution in [0.25, 0.3) is 0 Å². The summed E-state index contributed by atoms with van der Waals surface area (Å²) in [5, 5.41) is 14.0. The van der Waals surface area contributed by atoms with Crippen LogP contribution in [0.4, 0.5) is 0 Å². The van der Waals surface area contributed by atoms with Gasteiger partial charge in [0.15, 0.2) is 11.5 Å². The van der Waals surface area contributed by atoms with Crippen molar-refractivity contribution >= 4 is 46.9 Å². The second kappa shape index (κ2) is 10.4. The number of thiophene rings is 1. The summed E-state index contributed by atoms with van der Waals surface area (Å²) in [6.45, 7) is 2.34. The monoisotopic (exact) mass is 441 g/mol. The molecule has 0 aliphatic rings. The summed E-state index contributed by atoms with van der Waals surface area (Å²) >= 11 is 13.2. The number of ether oxygens (including phenoxy) is 3. The summed E-state index contributed by atoms with van der Waals surface area (Å²) in [5.41, 5.74) is 0.948. The normalized spacial score (nSPS) is 12.9. The van der Waals surface area contributed by atoms with Gasteiger partial charge in [-0.15, -0.1) is 23.7 Å². The summed E-state index contributed by atoms with van der Waals surface area (Å²) in [5.74, 6) is 1.72. The van der Waals surface area contributed by atoms with Crippen molar-refractivity contribution in [2.45, 2.75) is 19.1 Å². The molecule has 0 saturated heterocycles. The molecule has 2 N–H and O–H groups in total. The number of nitrogens with one attached hydrogen (secondary N) is 1. The lowest BCUT2D eigenvalue weighted by Crippen LogP contribution is -2.24. The van der Waals surface area contributed by atoms with Crippen molar-refractivity contribution in [1.82, 2.24) is 5.32 Å². The van der Waals surface area contributed by atoms with Gasteiger partial charge in [-0.05, 0) is 30.7 Å². The Kier molecular flexibility index (Phi) is 9.30. The molecule has 0 fully saturated rings. The number of rotatable bonds is 8. The molecule has 2 unspecified atom stereocenters. The Morgan fingerprint density at radius 1 is 1.08 bits per heavy atom. The van der Waals surface area contributed by atoms with Gasteiger partial charge in [0.1, 0.15) is 10.4 Å². The van der Waals surface area contributed by atoms with E-state index >= 15 is 0 Å². The van der Waals surface area contributed by atoms with Gasteiger partial charge in [0, 0.05) is 17.5 Å².